The quantitative estimate of drug-likeness (QED) is 0.139. The van der Waals surface area contributed by atoms with Crippen molar-refractivity contribution in [3.8, 4) is 5.88 Å². The van der Waals surface area contributed by atoms with Gasteiger partial charge in [0.25, 0.3) is 0 Å². The second-order valence-electron chi connectivity index (χ2n) is 16.5. The summed E-state index contributed by atoms with van der Waals surface area (Å²) in [5.41, 5.74) is -1.13. The van der Waals surface area contributed by atoms with Gasteiger partial charge in [0.2, 0.25) is 33.7 Å². The average Bonchev–Trinajstić information content (AvgIpc) is 4.02. The second-order valence-corrected chi connectivity index (χ2v) is 18.5. The molecule has 0 radical (unpaired) electrons. The van der Waals surface area contributed by atoms with E-state index in [2.05, 4.69) is 42.5 Å². The van der Waals surface area contributed by atoms with Gasteiger partial charge in [-0.1, -0.05) is 33.8 Å². The molecular formula is C39H55FN8O7S. The number of hydrogen-bond acceptors (Lipinski definition) is 11. The molecule has 4 fully saturated rings. The van der Waals surface area contributed by atoms with E-state index >= 15 is 0 Å². The van der Waals surface area contributed by atoms with E-state index in [0.717, 1.165) is 32.1 Å². The predicted molar refractivity (Wildman–Crippen MR) is 209 cm³/mol. The number of alkyl carbamates (subject to hydrolysis) is 1. The van der Waals surface area contributed by atoms with E-state index in [1.165, 1.54) is 17.0 Å². The summed E-state index contributed by atoms with van der Waals surface area (Å²) in [6.07, 6.45) is 6.11. The van der Waals surface area contributed by atoms with Gasteiger partial charge in [-0.05, 0) is 81.0 Å². The number of nitrogens with zero attached hydrogens (tertiary/aromatic N) is 3. The van der Waals surface area contributed by atoms with Crippen LogP contribution in [-0.2, 0) is 24.3 Å². The van der Waals surface area contributed by atoms with Gasteiger partial charge in [-0.3, -0.25) is 9.59 Å². The largest absolute Gasteiger partial charge is 0.472 e. The fraction of sp³-hybridized carbons (Fsp3) is 0.615. The van der Waals surface area contributed by atoms with Crippen LogP contribution in [0.1, 0.15) is 85.5 Å². The third kappa shape index (κ3) is 10.3. The molecule has 1 aromatic heterocycles. The Bertz CT molecular complexity index is 1870. The van der Waals surface area contributed by atoms with Crippen LogP contribution in [0.3, 0.4) is 0 Å². The molecule has 5 atom stereocenters. The van der Waals surface area contributed by atoms with E-state index in [1.54, 1.807) is 24.3 Å². The smallest absolute Gasteiger partial charge is 0.408 e. The highest BCUT2D eigenvalue weighted by molar-refractivity contribution is 7.90. The number of carbonyl (C=O) groups is 3. The molecule has 0 spiro atoms. The van der Waals surface area contributed by atoms with Crippen LogP contribution in [0.25, 0.3) is 0 Å². The molecule has 3 saturated carbocycles. The molecule has 4 aliphatic rings. The van der Waals surface area contributed by atoms with Crippen molar-refractivity contribution < 1.29 is 36.7 Å². The molecule has 1 aromatic carbocycles. The standard InChI is InChI=1S/C39H55FN8O7S/c1-6-18-41-31-20-32(45-36(44-31)43-26-14-12-25(40)13-15-26)54-28-19-30(34(49)47-39(21-24(39)7-2)23-42-56(52,53)29-16-17-29)48(22-28)35(50)33(38(3,4)5)46-37(51)55-27-10-8-9-11-27/h7,12-15,20,24,27-30,33,42H,2,6,8-11,16-19,21-23H2,1,3-5H3,(H,46,51)(H,47,49)(H2,41,43,44,45)/t24-,28-,30+,33-,39+/m1/s1. The summed E-state index contributed by atoms with van der Waals surface area (Å²) in [6.45, 7) is 12.0. The molecule has 0 bridgehead atoms. The van der Waals surface area contributed by atoms with Crippen LogP contribution in [-0.4, -0.2) is 95.9 Å². The lowest BCUT2D eigenvalue weighted by molar-refractivity contribution is -0.142. The van der Waals surface area contributed by atoms with E-state index in [9.17, 15) is 27.2 Å². The number of sulfonamides is 1. The van der Waals surface area contributed by atoms with Crippen LogP contribution in [0.4, 0.5) is 26.6 Å². The Morgan fingerprint density at radius 3 is 2.43 bits per heavy atom. The van der Waals surface area contributed by atoms with Gasteiger partial charge in [-0.25, -0.2) is 22.3 Å². The average molecular weight is 799 g/mol. The Kier molecular flexibility index (Phi) is 12.4. The van der Waals surface area contributed by atoms with Crippen LogP contribution in [0.15, 0.2) is 43.0 Å². The number of carbonyl (C=O) groups excluding carboxylic acids is 3. The first kappa shape index (κ1) is 41.1. The highest BCUT2D eigenvalue weighted by Crippen LogP contribution is 2.45. The third-order valence-corrected chi connectivity index (χ3v) is 12.7. The van der Waals surface area contributed by atoms with Crippen molar-refractivity contribution in [3.05, 3.63) is 48.8 Å². The second kappa shape index (κ2) is 16.9. The Balaban J connectivity index is 1.25. The van der Waals surface area contributed by atoms with Gasteiger partial charge in [-0.15, -0.1) is 6.58 Å². The molecule has 1 aliphatic heterocycles. The van der Waals surface area contributed by atoms with Crippen LogP contribution >= 0.6 is 0 Å². The van der Waals surface area contributed by atoms with Crippen LogP contribution in [0.5, 0.6) is 5.88 Å². The minimum atomic E-state index is -3.53. The Hall–Kier alpha value is -4.51. The highest BCUT2D eigenvalue weighted by Gasteiger charge is 2.56. The molecular weight excluding hydrogens is 744 g/mol. The number of rotatable bonds is 17. The maximum absolute atomic E-state index is 14.6. The van der Waals surface area contributed by atoms with Gasteiger partial charge in [-0.2, -0.15) is 9.97 Å². The van der Waals surface area contributed by atoms with E-state index in [-0.39, 0.29) is 49.2 Å². The lowest BCUT2D eigenvalue weighted by atomic mass is 9.85. The zero-order valence-corrected chi connectivity index (χ0v) is 33.4. The molecule has 5 N–H and O–H groups in total. The lowest BCUT2D eigenvalue weighted by Gasteiger charge is -2.35. The van der Waals surface area contributed by atoms with Gasteiger partial charge >= 0.3 is 6.09 Å². The maximum Gasteiger partial charge on any atom is 0.408 e. The monoisotopic (exact) mass is 798 g/mol. The van der Waals surface area contributed by atoms with Crippen LogP contribution in [0.2, 0.25) is 0 Å². The molecule has 2 heterocycles. The minimum absolute atomic E-state index is 0.00760. The molecule has 15 nitrogen and oxygen atoms in total. The van der Waals surface area contributed by atoms with Crippen molar-refractivity contribution in [2.75, 3.05) is 30.3 Å². The molecule has 1 saturated heterocycles. The fourth-order valence-electron chi connectivity index (χ4n) is 7.30. The number of aromatic nitrogens is 2. The first-order valence-corrected chi connectivity index (χ1v) is 21.2. The number of anilines is 3. The number of likely N-dealkylation sites (tertiary alicyclic amines) is 1. The molecule has 3 aliphatic carbocycles. The summed E-state index contributed by atoms with van der Waals surface area (Å²) in [6, 6.07) is 5.27. The summed E-state index contributed by atoms with van der Waals surface area (Å²) in [4.78, 5) is 52.6. The number of amides is 3. The van der Waals surface area contributed by atoms with E-state index < -0.39 is 62.3 Å². The first-order chi connectivity index (χ1) is 26.6. The molecule has 6 rings (SSSR count). The molecule has 3 amide bonds. The number of halogens is 1. The Morgan fingerprint density at radius 1 is 1.09 bits per heavy atom. The van der Waals surface area contributed by atoms with Crippen molar-refractivity contribution in [2.24, 2.45) is 11.3 Å². The highest BCUT2D eigenvalue weighted by atomic mass is 32.2. The zero-order chi connectivity index (χ0) is 40.3. The fourth-order valence-corrected chi connectivity index (χ4v) is 8.76. The third-order valence-electron chi connectivity index (χ3n) is 10.8. The zero-order valence-electron chi connectivity index (χ0n) is 32.6. The van der Waals surface area contributed by atoms with Crippen molar-refractivity contribution in [1.82, 2.24) is 30.2 Å². The first-order valence-electron chi connectivity index (χ1n) is 19.6. The van der Waals surface area contributed by atoms with Crippen molar-refractivity contribution in [2.45, 2.75) is 121 Å². The molecule has 17 heteroatoms. The van der Waals surface area contributed by atoms with E-state index in [1.807, 2.05) is 27.7 Å². The lowest BCUT2D eigenvalue weighted by Crippen LogP contribution is -2.59. The van der Waals surface area contributed by atoms with Gasteiger partial charge in [0, 0.05) is 37.2 Å². The Labute approximate surface area is 328 Å². The summed E-state index contributed by atoms with van der Waals surface area (Å²) >= 11 is 0. The van der Waals surface area contributed by atoms with Crippen molar-refractivity contribution in [3.63, 3.8) is 0 Å². The summed E-state index contributed by atoms with van der Waals surface area (Å²) in [7, 11) is -3.53. The Morgan fingerprint density at radius 2 is 1.80 bits per heavy atom. The molecule has 306 valence electrons. The maximum atomic E-state index is 14.6. The summed E-state index contributed by atoms with van der Waals surface area (Å²) in [5, 5.41) is 11.8. The molecule has 0 unspecified atom stereocenters. The molecule has 2 aromatic rings. The predicted octanol–water partition coefficient (Wildman–Crippen LogP) is 4.76. The van der Waals surface area contributed by atoms with Gasteiger partial charge in [0.1, 0.15) is 35.9 Å². The van der Waals surface area contributed by atoms with Crippen LogP contribution < -0.4 is 30.7 Å². The molecule has 56 heavy (non-hydrogen) atoms. The number of hydrogen-bond donors (Lipinski definition) is 5. The van der Waals surface area contributed by atoms with E-state index in [4.69, 9.17) is 9.47 Å². The number of nitrogens with one attached hydrogen (secondary N) is 5. The van der Waals surface area contributed by atoms with Gasteiger partial charge in [0.15, 0.2) is 0 Å². The normalized spacial score (nSPS) is 24.2. The van der Waals surface area contributed by atoms with Gasteiger partial charge < -0.3 is 35.6 Å². The summed E-state index contributed by atoms with van der Waals surface area (Å²) < 4.78 is 53.9. The number of ether oxygens (including phenoxy) is 2. The minimum Gasteiger partial charge on any atom is -0.472 e. The van der Waals surface area contributed by atoms with E-state index in [0.29, 0.717) is 37.3 Å². The topological polar surface area (TPSA) is 193 Å². The van der Waals surface area contributed by atoms with Gasteiger partial charge in [0.05, 0.1) is 17.3 Å². The summed E-state index contributed by atoms with van der Waals surface area (Å²) in [5.74, 6) is -0.704. The SMILES string of the molecule is C=C[C@@H]1C[C@@]1(CNS(=O)(=O)C1CC1)NC(=O)[C@@H]1C[C@@H](Oc2cc(NCCC)nc(Nc3ccc(F)cc3)n2)CN1C(=O)[C@@H](NC(=O)OC1CCCC1)C(C)(C)C. The number of benzene rings is 1. The van der Waals surface area contributed by atoms with Crippen molar-refractivity contribution in [1.29, 1.82) is 0 Å². The van der Waals surface area contributed by atoms with Crippen LogP contribution in [0, 0.1) is 17.2 Å². The van der Waals surface area contributed by atoms with Crippen molar-refractivity contribution >= 4 is 45.4 Å².